The SMILES string of the molecule is C=C1OCc2c(cc3n(c2=O)Cc2c-3nc3cc4c(cc3c2N2CCCCC2)OCO4)C1O. The summed E-state index contributed by atoms with van der Waals surface area (Å²) >= 11 is 0. The van der Waals surface area contributed by atoms with Gasteiger partial charge in [0.2, 0.25) is 6.79 Å². The standard InChI is InChI=1S/C25H23N3O5/c1-13-24(29)14-7-19-22-16(10-28(19)25(30)17(14)11-31-13)23(27-5-3-2-4-6-27)15-8-20-21(33-12-32-20)9-18(15)26-22/h7-9,24,29H,1-6,10-12H2. The van der Waals surface area contributed by atoms with E-state index in [2.05, 4.69) is 11.5 Å². The third kappa shape index (κ3) is 2.61. The molecule has 0 amide bonds. The van der Waals surface area contributed by atoms with Crippen LogP contribution in [0.25, 0.3) is 22.3 Å². The van der Waals surface area contributed by atoms with Gasteiger partial charge in [0.1, 0.15) is 18.5 Å². The first-order valence-corrected chi connectivity index (χ1v) is 11.4. The van der Waals surface area contributed by atoms with Crippen molar-refractivity contribution in [3.05, 3.63) is 57.6 Å². The number of anilines is 1. The van der Waals surface area contributed by atoms with Gasteiger partial charge < -0.3 is 28.8 Å². The van der Waals surface area contributed by atoms with Gasteiger partial charge in [-0.15, -0.1) is 0 Å². The van der Waals surface area contributed by atoms with E-state index < -0.39 is 6.10 Å². The van der Waals surface area contributed by atoms with Crippen molar-refractivity contribution in [2.45, 2.75) is 38.5 Å². The second kappa shape index (κ2) is 6.74. The molecule has 0 saturated carbocycles. The number of hydrogen-bond donors (Lipinski definition) is 1. The Labute approximate surface area is 189 Å². The van der Waals surface area contributed by atoms with E-state index in [1.165, 1.54) is 6.42 Å². The lowest BCUT2D eigenvalue weighted by atomic mass is 9.98. The molecule has 2 aromatic heterocycles. The molecule has 4 aliphatic heterocycles. The zero-order chi connectivity index (χ0) is 22.3. The summed E-state index contributed by atoms with van der Waals surface area (Å²) in [5.74, 6) is 1.67. The Balaban J connectivity index is 1.51. The van der Waals surface area contributed by atoms with Crippen molar-refractivity contribution in [2.75, 3.05) is 24.8 Å². The molecular weight excluding hydrogens is 422 g/mol. The number of hydrogen-bond acceptors (Lipinski definition) is 7. The fraction of sp³-hybridized carbons (Fsp3) is 0.360. The van der Waals surface area contributed by atoms with Crippen LogP contribution in [0.3, 0.4) is 0 Å². The predicted octanol–water partition coefficient (Wildman–Crippen LogP) is 3.22. The van der Waals surface area contributed by atoms with Crippen molar-refractivity contribution >= 4 is 16.6 Å². The highest BCUT2D eigenvalue weighted by Gasteiger charge is 2.34. The summed E-state index contributed by atoms with van der Waals surface area (Å²) in [6.45, 7) is 6.48. The number of nitrogens with zero attached hydrogens (tertiary/aromatic N) is 3. The zero-order valence-corrected chi connectivity index (χ0v) is 18.1. The molecule has 1 atom stereocenters. The molecule has 8 nitrogen and oxygen atoms in total. The minimum atomic E-state index is -1.02. The molecule has 3 aromatic rings. The smallest absolute Gasteiger partial charge is 0.258 e. The molecule has 8 heteroatoms. The summed E-state index contributed by atoms with van der Waals surface area (Å²) in [5, 5.41) is 11.7. The molecule has 7 rings (SSSR count). The molecule has 168 valence electrons. The minimum absolute atomic E-state index is 0.121. The van der Waals surface area contributed by atoms with Crippen molar-refractivity contribution in [3.8, 4) is 22.9 Å². The quantitative estimate of drug-likeness (QED) is 0.481. The van der Waals surface area contributed by atoms with E-state index in [1.807, 2.05) is 18.2 Å². The second-order valence-corrected chi connectivity index (χ2v) is 9.07. The summed E-state index contributed by atoms with van der Waals surface area (Å²) < 4.78 is 18.5. The van der Waals surface area contributed by atoms with Gasteiger partial charge in [-0.3, -0.25) is 4.79 Å². The Bertz CT molecular complexity index is 1420. The van der Waals surface area contributed by atoms with Gasteiger partial charge in [0, 0.05) is 35.7 Å². The zero-order valence-electron chi connectivity index (χ0n) is 18.1. The number of aromatic nitrogens is 2. The Morgan fingerprint density at radius 3 is 2.64 bits per heavy atom. The van der Waals surface area contributed by atoms with Crippen LogP contribution in [0.2, 0.25) is 0 Å². The summed E-state index contributed by atoms with van der Waals surface area (Å²) in [4.78, 5) is 20.9. The Hall–Kier alpha value is -3.52. The van der Waals surface area contributed by atoms with Crippen LogP contribution in [0.15, 0.2) is 35.3 Å². The first-order chi connectivity index (χ1) is 16.1. The van der Waals surface area contributed by atoms with E-state index in [-0.39, 0.29) is 24.7 Å². The molecule has 6 heterocycles. The summed E-state index contributed by atoms with van der Waals surface area (Å²) in [6, 6.07) is 5.83. The highest BCUT2D eigenvalue weighted by molar-refractivity contribution is 5.99. The van der Waals surface area contributed by atoms with E-state index in [1.54, 1.807) is 4.57 Å². The fourth-order valence-corrected chi connectivity index (χ4v) is 5.54. The van der Waals surface area contributed by atoms with Gasteiger partial charge in [0.05, 0.1) is 34.7 Å². The van der Waals surface area contributed by atoms with E-state index in [9.17, 15) is 9.90 Å². The van der Waals surface area contributed by atoms with Crippen LogP contribution in [0, 0.1) is 0 Å². The van der Waals surface area contributed by atoms with Gasteiger partial charge >= 0.3 is 0 Å². The average molecular weight is 445 g/mol. The lowest BCUT2D eigenvalue weighted by Crippen LogP contribution is -2.31. The largest absolute Gasteiger partial charge is 0.491 e. The average Bonchev–Trinajstić information content (AvgIpc) is 3.44. The minimum Gasteiger partial charge on any atom is -0.491 e. The number of ether oxygens (including phenoxy) is 3. The van der Waals surface area contributed by atoms with Crippen molar-refractivity contribution in [2.24, 2.45) is 0 Å². The molecule has 0 spiro atoms. The third-order valence-corrected chi connectivity index (χ3v) is 7.22. The fourth-order valence-electron chi connectivity index (χ4n) is 5.54. The maximum absolute atomic E-state index is 13.4. The monoisotopic (exact) mass is 445 g/mol. The number of piperidine rings is 1. The number of aliphatic hydroxyl groups excluding tert-OH is 1. The molecular formula is C25H23N3O5. The van der Waals surface area contributed by atoms with Gasteiger partial charge in [0.15, 0.2) is 11.5 Å². The van der Waals surface area contributed by atoms with E-state index in [0.29, 0.717) is 23.4 Å². The van der Waals surface area contributed by atoms with E-state index in [0.717, 1.165) is 65.2 Å². The molecule has 33 heavy (non-hydrogen) atoms. The Morgan fingerprint density at radius 2 is 1.82 bits per heavy atom. The molecule has 1 N–H and O–H groups in total. The van der Waals surface area contributed by atoms with Gasteiger partial charge in [-0.25, -0.2) is 4.98 Å². The Morgan fingerprint density at radius 1 is 1.03 bits per heavy atom. The summed E-state index contributed by atoms with van der Waals surface area (Å²) in [5.41, 5.74) is 5.37. The molecule has 1 saturated heterocycles. The molecule has 1 unspecified atom stereocenters. The van der Waals surface area contributed by atoms with Gasteiger partial charge in [-0.05, 0) is 31.4 Å². The van der Waals surface area contributed by atoms with Crippen LogP contribution in [0.1, 0.15) is 42.1 Å². The molecule has 1 aromatic carbocycles. The van der Waals surface area contributed by atoms with Crippen molar-refractivity contribution in [1.82, 2.24) is 9.55 Å². The van der Waals surface area contributed by atoms with Gasteiger partial charge in [-0.2, -0.15) is 0 Å². The maximum atomic E-state index is 13.4. The molecule has 1 fully saturated rings. The normalized spacial score (nSPS) is 20.5. The topological polar surface area (TPSA) is 86.1 Å². The van der Waals surface area contributed by atoms with Crippen molar-refractivity contribution < 1.29 is 19.3 Å². The van der Waals surface area contributed by atoms with E-state index in [4.69, 9.17) is 19.2 Å². The number of rotatable bonds is 1. The predicted molar refractivity (Wildman–Crippen MR) is 122 cm³/mol. The molecule has 4 aliphatic rings. The number of pyridine rings is 2. The molecule has 0 aliphatic carbocycles. The lowest BCUT2D eigenvalue weighted by Gasteiger charge is -2.31. The van der Waals surface area contributed by atoms with E-state index >= 15 is 0 Å². The van der Waals surface area contributed by atoms with Crippen LogP contribution < -0.4 is 19.9 Å². The van der Waals surface area contributed by atoms with Crippen LogP contribution >= 0.6 is 0 Å². The third-order valence-electron chi connectivity index (χ3n) is 7.22. The molecule has 0 bridgehead atoms. The summed E-state index contributed by atoms with van der Waals surface area (Å²) in [7, 11) is 0. The highest BCUT2D eigenvalue weighted by atomic mass is 16.7. The van der Waals surface area contributed by atoms with Crippen molar-refractivity contribution in [1.29, 1.82) is 0 Å². The second-order valence-electron chi connectivity index (χ2n) is 9.07. The van der Waals surface area contributed by atoms with Crippen molar-refractivity contribution in [3.63, 3.8) is 0 Å². The first kappa shape index (κ1) is 19.0. The Kier molecular flexibility index (Phi) is 3.88. The first-order valence-electron chi connectivity index (χ1n) is 11.4. The summed E-state index contributed by atoms with van der Waals surface area (Å²) in [6.07, 6.45) is 2.47. The maximum Gasteiger partial charge on any atom is 0.258 e. The van der Waals surface area contributed by atoms with Crippen LogP contribution in [-0.4, -0.2) is 34.5 Å². The van der Waals surface area contributed by atoms with Crippen LogP contribution in [-0.2, 0) is 17.9 Å². The number of fused-ring (bicyclic) bond motifs is 6. The van der Waals surface area contributed by atoms with Crippen LogP contribution in [0.5, 0.6) is 11.5 Å². The number of aliphatic hydroxyl groups is 1. The van der Waals surface area contributed by atoms with Gasteiger partial charge in [0.25, 0.3) is 5.56 Å². The van der Waals surface area contributed by atoms with Crippen LogP contribution in [0.4, 0.5) is 5.69 Å². The van der Waals surface area contributed by atoms with Gasteiger partial charge in [-0.1, -0.05) is 6.58 Å². The highest BCUT2D eigenvalue weighted by Crippen LogP contribution is 2.46. The lowest BCUT2D eigenvalue weighted by molar-refractivity contribution is 0.0753. The number of benzene rings is 1. The molecule has 0 radical (unpaired) electrons.